The molecule has 0 atom stereocenters. The van der Waals surface area contributed by atoms with Crippen LogP contribution in [-0.4, -0.2) is 18.3 Å². The third-order valence-electron chi connectivity index (χ3n) is 11.4. The Morgan fingerprint density at radius 1 is 0.278 bits per heavy atom. The quantitative estimate of drug-likeness (QED) is 0.175. The van der Waals surface area contributed by atoms with Gasteiger partial charge in [0.05, 0.1) is 38.6 Å². The molecule has 0 fully saturated rings. The van der Waals surface area contributed by atoms with Gasteiger partial charge in [0.25, 0.3) is 0 Å². The first-order valence-corrected chi connectivity index (χ1v) is 18.5. The normalized spacial score (nSPS) is 12.1. The molecule has 0 saturated carbocycles. The Hall–Kier alpha value is -7.30. The average molecular weight is 689 g/mol. The number of hydrogen-bond acceptors (Lipinski definition) is 0. The van der Waals surface area contributed by atoms with Crippen molar-refractivity contribution < 1.29 is 0 Å². The molecule has 0 bridgehead atoms. The van der Waals surface area contributed by atoms with Gasteiger partial charge in [-0.2, -0.15) is 0 Å². The van der Waals surface area contributed by atoms with E-state index in [1.165, 1.54) is 76.3 Å². The van der Waals surface area contributed by atoms with Gasteiger partial charge in [-0.3, -0.25) is 0 Å². The van der Waals surface area contributed by atoms with Gasteiger partial charge in [0.15, 0.2) is 0 Å². The molecule has 4 heteroatoms. The van der Waals surface area contributed by atoms with Crippen molar-refractivity contribution in [3.8, 4) is 22.7 Å². The van der Waals surface area contributed by atoms with Crippen molar-refractivity contribution in [2.45, 2.75) is 0 Å². The molecule has 0 saturated heterocycles. The standard InChI is InChI=1S/C50H32N4/c1-4-14-34(15-5-1)51-29-28-33-30-42-48(32-47(33)51)53(36-18-8-3-9-19-36)46-27-25-40-38-20-10-13-23-44(38)54(50(40)49(42)46)37-24-26-45-41(31-37)39-21-11-12-22-43(39)52(45)35-16-6-2-7-17-35/h1-32H. The smallest absolute Gasteiger partial charge is 0.0641 e. The zero-order valence-corrected chi connectivity index (χ0v) is 29.3. The summed E-state index contributed by atoms with van der Waals surface area (Å²) in [6, 6.07) is 68.5. The van der Waals surface area contributed by atoms with Crippen LogP contribution in [0.3, 0.4) is 0 Å². The predicted octanol–water partition coefficient (Wildman–Crippen LogP) is 12.9. The number of hydrogen-bond donors (Lipinski definition) is 0. The minimum atomic E-state index is 1.15. The highest BCUT2D eigenvalue weighted by Gasteiger charge is 2.23. The van der Waals surface area contributed by atoms with Crippen LogP contribution in [0.1, 0.15) is 0 Å². The lowest BCUT2D eigenvalue weighted by Crippen LogP contribution is -1.96. The first-order chi connectivity index (χ1) is 26.8. The van der Waals surface area contributed by atoms with E-state index in [4.69, 9.17) is 0 Å². The molecule has 12 aromatic rings. The van der Waals surface area contributed by atoms with E-state index >= 15 is 0 Å². The Balaban J connectivity index is 1.22. The summed E-state index contributed by atoms with van der Waals surface area (Å²) in [7, 11) is 0. The van der Waals surface area contributed by atoms with Crippen molar-refractivity contribution in [1.29, 1.82) is 0 Å². The van der Waals surface area contributed by atoms with Gasteiger partial charge in [-0.1, -0.05) is 97.1 Å². The number of aromatic nitrogens is 4. The second-order valence-corrected chi connectivity index (χ2v) is 14.2. The Morgan fingerprint density at radius 3 is 1.54 bits per heavy atom. The van der Waals surface area contributed by atoms with Gasteiger partial charge in [0, 0.05) is 66.6 Å². The van der Waals surface area contributed by atoms with Gasteiger partial charge >= 0.3 is 0 Å². The maximum Gasteiger partial charge on any atom is 0.0641 e. The van der Waals surface area contributed by atoms with Gasteiger partial charge in [0.2, 0.25) is 0 Å². The highest BCUT2D eigenvalue weighted by molar-refractivity contribution is 6.27. The second-order valence-electron chi connectivity index (χ2n) is 14.2. The highest BCUT2D eigenvalue weighted by atomic mass is 15.0. The summed E-state index contributed by atoms with van der Waals surface area (Å²) >= 11 is 0. The maximum absolute atomic E-state index is 2.51. The first kappa shape index (κ1) is 29.3. The Kier molecular flexibility index (Phi) is 6.02. The first-order valence-electron chi connectivity index (χ1n) is 18.5. The number of nitrogens with zero attached hydrogens (tertiary/aromatic N) is 4. The van der Waals surface area contributed by atoms with E-state index in [1.807, 2.05) is 0 Å². The molecule has 8 aromatic carbocycles. The van der Waals surface area contributed by atoms with Crippen LogP contribution in [0.15, 0.2) is 194 Å². The molecule has 0 aliphatic heterocycles. The highest BCUT2D eigenvalue weighted by Crippen LogP contribution is 2.44. The topological polar surface area (TPSA) is 19.7 Å². The molecule has 0 amide bonds. The molecular weight excluding hydrogens is 657 g/mol. The summed E-state index contributed by atoms with van der Waals surface area (Å²) in [6.07, 6.45) is 2.20. The third kappa shape index (κ3) is 4.02. The van der Waals surface area contributed by atoms with Crippen molar-refractivity contribution in [2.24, 2.45) is 0 Å². The summed E-state index contributed by atoms with van der Waals surface area (Å²) < 4.78 is 9.65. The Morgan fingerprint density at radius 2 is 0.833 bits per heavy atom. The van der Waals surface area contributed by atoms with Gasteiger partial charge in [-0.15, -0.1) is 0 Å². The van der Waals surface area contributed by atoms with Crippen molar-refractivity contribution >= 4 is 76.3 Å². The van der Waals surface area contributed by atoms with E-state index in [0.29, 0.717) is 0 Å². The molecule has 4 nitrogen and oxygen atoms in total. The van der Waals surface area contributed by atoms with E-state index in [1.54, 1.807) is 0 Å². The zero-order chi connectivity index (χ0) is 35.3. The summed E-state index contributed by atoms with van der Waals surface area (Å²) in [6.45, 7) is 0. The van der Waals surface area contributed by atoms with E-state index in [-0.39, 0.29) is 0 Å². The SMILES string of the molecule is c1ccc(-n2ccc3cc4c5c(ccc6c7ccccc7n(-c7ccc8c(c7)c7ccccc7n8-c7ccccc7)c65)n(-c5ccccc5)c4cc32)cc1. The largest absolute Gasteiger partial charge is 0.316 e. The fraction of sp³-hybridized carbons (Fsp3) is 0. The van der Waals surface area contributed by atoms with Crippen molar-refractivity contribution in [2.75, 3.05) is 0 Å². The summed E-state index contributed by atoms with van der Waals surface area (Å²) in [4.78, 5) is 0. The lowest BCUT2D eigenvalue weighted by atomic mass is 10.1. The van der Waals surface area contributed by atoms with Crippen molar-refractivity contribution in [1.82, 2.24) is 18.3 Å². The third-order valence-corrected chi connectivity index (χ3v) is 11.4. The van der Waals surface area contributed by atoms with Crippen LogP contribution < -0.4 is 0 Å². The number of benzene rings is 8. The molecule has 0 spiro atoms. The Bertz CT molecular complexity index is 3410. The Labute approximate surface area is 310 Å². The average Bonchev–Trinajstić information content (AvgIpc) is 3.98. The molecule has 4 heterocycles. The number of fused-ring (bicyclic) bond motifs is 11. The summed E-state index contributed by atoms with van der Waals surface area (Å²) in [5, 5.41) is 8.69. The van der Waals surface area contributed by atoms with E-state index in [0.717, 1.165) is 22.7 Å². The minimum absolute atomic E-state index is 1.15. The molecule has 54 heavy (non-hydrogen) atoms. The minimum Gasteiger partial charge on any atom is -0.316 e. The van der Waals surface area contributed by atoms with Crippen molar-refractivity contribution in [3.63, 3.8) is 0 Å². The second kappa shape index (κ2) is 11.1. The fourth-order valence-corrected chi connectivity index (χ4v) is 9.08. The molecule has 0 radical (unpaired) electrons. The monoisotopic (exact) mass is 688 g/mol. The molecule has 0 N–H and O–H groups in total. The van der Waals surface area contributed by atoms with Crippen LogP contribution in [-0.2, 0) is 0 Å². The predicted molar refractivity (Wildman–Crippen MR) is 226 cm³/mol. The van der Waals surface area contributed by atoms with Crippen LogP contribution in [0.25, 0.3) is 99.1 Å². The van der Waals surface area contributed by atoms with E-state index in [9.17, 15) is 0 Å². The van der Waals surface area contributed by atoms with Crippen LogP contribution in [0.4, 0.5) is 0 Å². The summed E-state index contributed by atoms with van der Waals surface area (Å²) in [5.41, 5.74) is 13.0. The van der Waals surface area contributed by atoms with Gasteiger partial charge in [-0.25, -0.2) is 0 Å². The molecular formula is C50H32N4. The van der Waals surface area contributed by atoms with Crippen LogP contribution in [0.2, 0.25) is 0 Å². The molecule has 252 valence electrons. The van der Waals surface area contributed by atoms with E-state index < -0.39 is 0 Å². The lowest BCUT2D eigenvalue weighted by molar-refractivity contribution is 1.12. The molecule has 4 aromatic heterocycles. The number of para-hydroxylation sites is 5. The zero-order valence-electron chi connectivity index (χ0n) is 29.3. The molecule has 0 unspecified atom stereocenters. The van der Waals surface area contributed by atoms with Crippen molar-refractivity contribution in [3.05, 3.63) is 194 Å². The van der Waals surface area contributed by atoms with Crippen LogP contribution in [0.5, 0.6) is 0 Å². The van der Waals surface area contributed by atoms with Gasteiger partial charge in [0.1, 0.15) is 0 Å². The summed E-state index contributed by atoms with van der Waals surface area (Å²) in [5.74, 6) is 0. The van der Waals surface area contributed by atoms with Crippen LogP contribution >= 0.6 is 0 Å². The molecule has 12 rings (SSSR count). The lowest BCUT2D eigenvalue weighted by Gasteiger charge is -2.11. The molecule has 0 aliphatic rings. The van der Waals surface area contributed by atoms with Crippen LogP contribution in [0, 0.1) is 0 Å². The fourth-order valence-electron chi connectivity index (χ4n) is 9.08. The van der Waals surface area contributed by atoms with Gasteiger partial charge < -0.3 is 18.3 Å². The molecule has 0 aliphatic carbocycles. The maximum atomic E-state index is 2.51. The van der Waals surface area contributed by atoms with E-state index in [2.05, 4.69) is 213 Å². The van der Waals surface area contributed by atoms with Gasteiger partial charge in [-0.05, 0) is 91.0 Å². The number of rotatable bonds is 4.